The van der Waals surface area contributed by atoms with E-state index in [-0.39, 0.29) is 0 Å². The van der Waals surface area contributed by atoms with Crippen LogP contribution in [0.25, 0.3) is 0 Å². The second kappa shape index (κ2) is 3.89. The highest BCUT2D eigenvalue weighted by molar-refractivity contribution is 6.28. The number of aromatic nitrogens is 3. The van der Waals surface area contributed by atoms with Crippen molar-refractivity contribution >= 4 is 11.6 Å². The van der Waals surface area contributed by atoms with Gasteiger partial charge in [0.2, 0.25) is 5.28 Å². The van der Waals surface area contributed by atoms with E-state index in [1.54, 1.807) is 0 Å². The van der Waals surface area contributed by atoms with Crippen molar-refractivity contribution in [2.45, 2.75) is 39.7 Å². The van der Waals surface area contributed by atoms with Crippen LogP contribution >= 0.6 is 11.6 Å². The largest absolute Gasteiger partial charge is 0.302 e. The standard InChI is InChI=1S/C10H16ClN3/c1-7-4-3-5-9(7)6-14-8(2)12-13-10(14)11/h7,9H,3-6H2,1-2H3. The molecule has 0 bridgehead atoms. The van der Waals surface area contributed by atoms with Crippen LogP contribution in [0.2, 0.25) is 5.28 Å². The van der Waals surface area contributed by atoms with Gasteiger partial charge in [-0.2, -0.15) is 0 Å². The zero-order valence-electron chi connectivity index (χ0n) is 8.70. The lowest BCUT2D eigenvalue weighted by Crippen LogP contribution is -2.14. The highest BCUT2D eigenvalue weighted by Crippen LogP contribution is 2.33. The Labute approximate surface area is 89.5 Å². The molecule has 1 aromatic heterocycles. The summed E-state index contributed by atoms with van der Waals surface area (Å²) in [5, 5.41) is 8.36. The second-order valence-corrected chi connectivity index (χ2v) is 4.63. The monoisotopic (exact) mass is 213 g/mol. The van der Waals surface area contributed by atoms with Gasteiger partial charge in [-0.15, -0.1) is 10.2 Å². The number of hydrogen-bond acceptors (Lipinski definition) is 2. The van der Waals surface area contributed by atoms with Gasteiger partial charge in [0.15, 0.2) is 0 Å². The second-order valence-electron chi connectivity index (χ2n) is 4.30. The summed E-state index contributed by atoms with van der Waals surface area (Å²) in [4.78, 5) is 0. The maximum absolute atomic E-state index is 5.96. The molecule has 2 unspecified atom stereocenters. The first-order chi connectivity index (χ1) is 6.68. The van der Waals surface area contributed by atoms with Crippen LogP contribution in [0, 0.1) is 18.8 Å². The van der Waals surface area contributed by atoms with Gasteiger partial charge in [0.05, 0.1) is 0 Å². The summed E-state index contributed by atoms with van der Waals surface area (Å²) in [5.74, 6) is 2.49. The van der Waals surface area contributed by atoms with Crippen LogP contribution in [0.5, 0.6) is 0 Å². The summed E-state index contributed by atoms with van der Waals surface area (Å²) in [6.07, 6.45) is 4.02. The minimum Gasteiger partial charge on any atom is -0.302 e. The number of rotatable bonds is 2. The van der Waals surface area contributed by atoms with Crippen molar-refractivity contribution in [1.82, 2.24) is 14.8 Å². The molecular formula is C10H16ClN3. The average molecular weight is 214 g/mol. The van der Waals surface area contributed by atoms with E-state index in [0.29, 0.717) is 5.28 Å². The van der Waals surface area contributed by atoms with E-state index in [0.717, 1.165) is 24.2 Å². The number of hydrogen-bond donors (Lipinski definition) is 0. The molecule has 1 heterocycles. The first-order valence-corrected chi connectivity index (χ1v) is 5.61. The Kier molecular flexibility index (Phi) is 2.77. The van der Waals surface area contributed by atoms with Gasteiger partial charge in [-0.05, 0) is 36.8 Å². The third-order valence-corrected chi connectivity index (χ3v) is 3.63. The molecule has 0 aromatic carbocycles. The molecule has 0 spiro atoms. The smallest absolute Gasteiger partial charge is 0.225 e. The van der Waals surface area contributed by atoms with E-state index >= 15 is 0 Å². The first kappa shape index (κ1) is 9.97. The highest BCUT2D eigenvalue weighted by Gasteiger charge is 2.24. The molecule has 1 aliphatic rings. The van der Waals surface area contributed by atoms with Crippen molar-refractivity contribution in [3.63, 3.8) is 0 Å². The summed E-state index contributed by atoms with van der Waals surface area (Å²) in [6.45, 7) is 5.27. The fourth-order valence-corrected chi connectivity index (χ4v) is 2.52. The Morgan fingerprint density at radius 1 is 1.43 bits per heavy atom. The van der Waals surface area contributed by atoms with Crippen LogP contribution in [0.3, 0.4) is 0 Å². The topological polar surface area (TPSA) is 30.7 Å². The molecule has 14 heavy (non-hydrogen) atoms. The molecule has 0 N–H and O–H groups in total. The lowest BCUT2D eigenvalue weighted by atomic mass is 9.98. The summed E-state index contributed by atoms with van der Waals surface area (Å²) in [7, 11) is 0. The van der Waals surface area contributed by atoms with E-state index in [1.807, 2.05) is 11.5 Å². The van der Waals surface area contributed by atoms with Crippen molar-refractivity contribution < 1.29 is 0 Å². The Morgan fingerprint density at radius 3 is 2.71 bits per heavy atom. The Bertz CT molecular complexity index is 302. The molecule has 1 aliphatic carbocycles. The molecule has 4 heteroatoms. The molecular weight excluding hydrogens is 198 g/mol. The van der Waals surface area contributed by atoms with Crippen LogP contribution in [0.15, 0.2) is 0 Å². The summed E-state index contributed by atoms with van der Waals surface area (Å²) in [5.41, 5.74) is 0. The maximum atomic E-state index is 5.96. The summed E-state index contributed by atoms with van der Waals surface area (Å²) in [6, 6.07) is 0. The summed E-state index contributed by atoms with van der Waals surface area (Å²) < 4.78 is 2.02. The van der Waals surface area contributed by atoms with Gasteiger partial charge in [-0.25, -0.2) is 0 Å². The van der Waals surface area contributed by atoms with Gasteiger partial charge in [0, 0.05) is 6.54 Å². The average Bonchev–Trinajstić information content (AvgIpc) is 2.67. The Balaban J connectivity index is 2.10. The lowest BCUT2D eigenvalue weighted by Gasteiger charge is -2.16. The molecule has 1 saturated carbocycles. The molecule has 2 atom stereocenters. The number of nitrogens with zero attached hydrogens (tertiary/aromatic N) is 3. The van der Waals surface area contributed by atoms with Gasteiger partial charge >= 0.3 is 0 Å². The van der Waals surface area contributed by atoms with Crippen molar-refractivity contribution in [2.75, 3.05) is 0 Å². The lowest BCUT2D eigenvalue weighted by molar-refractivity contribution is 0.360. The molecule has 1 fully saturated rings. The molecule has 0 aliphatic heterocycles. The van der Waals surface area contributed by atoms with Crippen molar-refractivity contribution in [1.29, 1.82) is 0 Å². The van der Waals surface area contributed by atoms with Crippen LogP contribution in [0.1, 0.15) is 32.0 Å². The van der Waals surface area contributed by atoms with E-state index in [1.165, 1.54) is 19.3 Å². The third kappa shape index (κ3) is 1.78. The van der Waals surface area contributed by atoms with Gasteiger partial charge in [-0.3, -0.25) is 0 Å². The quantitative estimate of drug-likeness (QED) is 0.756. The molecule has 2 rings (SSSR count). The maximum Gasteiger partial charge on any atom is 0.225 e. The van der Waals surface area contributed by atoms with Gasteiger partial charge in [0.25, 0.3) is 0 Å². The minimum atomic E-state index is 0.529. The molecule has 1 aromatic rings. The predicted octanol–water partition coefficient (Wildman–Crippen LogP) is 2.68. The third-order valence-electron chi connectivity index (χ3n) is 3.35. The van der Waals surface area contributed by atoms with Crippen molar-refractivity contribution in [3.05, 3.63) is 11.1 Å². The van der Waals surface area contributed by atoms with Crippen LogP contribution in [-0.2, 0) is 6.54 Å². The van der Waals surface area contributed by atoms with Crippen molar-refractivity contribution in [3.8, 4) is 0 Å². The normalized spacial score (nSPS) is 27.1. The SMILES string of the molecule is Cc1nnc(Cl)n1CC1CCCC1C. The molecule has 0 amide bonds. The minimum absolute atomic E-state index is 0.529. The first-order valence-electron chi connectivity index (χ1n) is 5.24. The van der Waals surface area contributed by atoms with Gasteiger partial charge in [0.1, 0.15) is 5.82 Å². The summed E-state index contributed by atoms with van der Waals surface area (Å²) >= 11 is 5.96. The zero-order chi connectivity index (χ0) is 10.1. The van der Waals surface area contributed by atoms with E-state index in [9.17, 15) is 0 Å². The van der Waals surface area contributed by atoms with Crippen molar-refractivity contribution in [2.24, 2.45) is 11.8 Å². The molecule has 3 nitrogen and oxygen atoms in total. The van der Waals surface area contributed by atoms with E-state index < -0.39 is 0 Å². The molecule has 78 valence electrons. The van der Waals surface area contributed by atoms with Crippen LogP contribution < -0.4 is 0 Å². The van der Waals surface area contributed by atoms with Crippen LogP contribution in [0.4, 0.5) is 0 Å². The van der Waals surface area contributed by atoms with E-state index in [4.69, 9.17) is 11.6 Å². The predicted molar refractivity (Wildman–Crippen MR) is 56.3 cm³/mol. The number of halogens is 1. The fourth-order valence-electron chi connectivity index (χ4n) is 2.29. The fraction of sp³-hybridized carbons (Fsp3) is 0.800. The zero-order valence-corrected chi connectivity index (χ0v) is 9.46. The Hall–Kier alpha value is -0.570. The van der Waals surface area contributed by atoms with Crippen LogP contribution in [-0.4, -0.2) is 14.8 Å². The number of aryl methyl sites for hydroxylation is 1. The van der Waals surface area contributed by atoms with E-state index in [2.05, 4.69) is 17.1 Å². The highest BCUT2D eigenvalue weighted by atomic mass is 35.5. The molecule has 0 saturated heterocycles. The van der Waals surface area contributed by atoms with Gasteiger partial charge < -0.3 is 4.57 Å². The Morgan fingerprint density at radius 2 is 2.21 bits per heavy atom. The molecule has 0 radical (unpaired) electrons. The van der Waals surface area contributed by atoms with Gasteiger partial charge in [-0.1, -0.05) is 19.8 Å².